The number of benzene rings is 1. The topological polar surface area (TPSA) is 106 Å². The third-order valence-corrected chi connectivity index (χ3v) is 3.74. The molecule has 7 heteroatoms. The third-order valence-electron chi connectivity index (χ3n) is 3.74. The fourth-order valence-electron chi connectivity index (χ4n) is 2.13. The molecule has 22 heavy (non-hydrogen) atoms. The molecule has 0 bridgehead atoms. The Kier molecular flexibility index (Phi) is 4.75. The van der Waals surface area contributed by atoms with Crippen LogP contribution in [0.25, 0.3) is 0 Å². The Labute approximate surface area is 130 Å². The van der Waals surface area contributed by atoms with Crippen LogP contribution in [0.5, 0.6) is 11.5 Å². The molecule has 0 spiro atoms. The fraction of sp³-hybridized carbons (Fsp3) is 0.467. The summed E-state index contributed by atoms with van der Waals surface area (Å²) in [6.45, 7) is 4.66. The van der Waals surface area contributed by atoms with Gasteiger partial charge >= 0.3 is 0 Å². The average Bonchev–Trinajstić information content (AvgIpc) is 2.59. The number of phenolic OH excluding ortho intramolecular Hbond substituents is 2. The van der Waals surface area contributed by atoms with E-state index in [2.05, 4.69) is 15.3 Å². The maximum absolute atomic E-state index is 9.52. The molecule has 2 unspecified atom stereocenters. The summed E-state index contributed by atoms with van der Waals surface area (Å²) in [7, 11) is 1.92. The molecule has 1 heterocycles. The molecule has 0 fully saturated rings. The Balaban J connectivity index is 2.02. The molecular weight excluding hydrogens is 282 g/mol. The van der Waals surface area contributed by atoms with Crippen LogP contribution in [-0.2, 0) is 6.42 Å². The number of phenols is 2. The second-order valence-corrected chi connectivity index (χ2v) is 5.57. The summed E-state index contributed by atoms with van der Waals surface area (Å²) >= 11 is 0. The van der Waals surface area contributed by atoms with Crippen LogP contribution in [0, 0.1) is 0 Å². The fourth-order valence-corrected chi connectivity index (χ4v) is 2.13. The van der Waals surface area contributed by atoms with Gasteiger partial charge in [-0.25, -0.2) is 9.98 Å². The highest BCUT2D eigenvalue weighted by Gasteiger charge is 2.18. The maximum atomic E-state index is 9.52. The molecule has 1 aliphatic rings. The average molecular weight is 305 g/mol. The van der Waals surface area contributed by atoms with Gasteiger partial charge in [-0.05, 0) is 38.0 Å². The molecule has 1 aromatic carbocycles. The van der Waals surface area contributed by atoms with Gasteiger partial charge in [0.1, 0.15) is 0 Å². The van der Waals surface area contributed by atoms with Gasteiger partial charge < -0.3 is 20.8 Å². The second-order valence-electron chi connectivity index (χ2n) is 5.57. The van der Waals surface area contributed by atoms with Gasteiger partial charge in [0.25, 0.3) is 0 Å². The Bertz CT molecular complexity index is 600. The zero-order valence-electron chi connectivity index (χ0n) is 13.1. The summed E-state index contributed by atoms with van der Waals surface area (Å²) in [6, 6.07) is 4.91. The lowest BCUT2D eigenvalue weighted by molar-refractivity contribution is 0.402. The number of nitrogens with two attached hydrogens (primary N) is 1. The highest BCUT2D eigenvalue weighted by atomic mass is 16.3. The zero-order valence-corrected chi connectivity index (χ0v) is 13.1. The van der Waals surface area contributed by atoms with E-state index in [0.29, 0.717) is 24.9 Å². The number of likely N-dealkylation sites (N-methyl/N-ethyl adjacent to an activating group) is 1. The van der Waals surface area contributed by atoms with Crippen molar-refractivity contribution >= 4 is 11.9 Å². The van der Waals surface area contributed by atoms with Crippen molar-refractivity contribution in [3.05, 3.63) is 23.8 Å². The van der Waals surface area contributed by atoms with Crippen molar-refractivity contribution in [3.63, 3.8) is 0 Å². The van der Waals surface area contributed by atoms with Crippen LogP contribution in [0.15, 0.2) is 28.2 Å². The monoisotopic (exact) mass is 305 g/mol. The number of guanidine groups is 2. The SMILES string of the molecule is CC1N=C(N)NC(N(C)CCc2ccc(O)c(O)c2)=NC1C. The Morgan fingerprint density at radius 3 is 2.55 bits per heavy atom. The van der Waals surface area contributed by atoms with E-state index in [1.165, 1.54) is 6.07 Å². The Hall–Kier alpha value is -2.44. The van der Waals surface area contributed by atoms with Crippen molar-refractivity contribution in [2.75, 3.05) is 13.6 Å². The molecule has 2 rings (SSSR count). The first-order chi connectivity index (χ1) is 10.4. The number of nitrogens with one attached hydrogen (secondary N) is 1. The highest BCUT2D eigenvalue weighted by molar-refractivity contribution is 5.98. The zero-order chi connectivity index (χ0) is 16.3. The largest absolute Gasteiger partial charge is 0.504 e. The summed E-state index contributed by atoms with van der Waals surface area (Å²) in [4.78, 5) is 10.9. The smallest absolute Gasteiger partial charge is 0.200 e. The normalized spacial score (nSPS) is 21.4. The number of aromatic hydroxyl groups is 2. The molecule has 0 aliphatic carbocycles. The van der Waals surface area contributed by atoms with Crippen molar-refractivity contribution < 1.29 is 10.2 Å². The van der Waals surface area contributed by atoms with Crippen LogP contribution in [0.4, 0.5) is 0 Å². The lowest BCUT2D eigenvalue weighted by Crippen LogP contribution is -2.45. The molecule has 0 amide bonds. The summed E-state index contributed by atoms with van der Waals surface area (Å²) in [5.74, 6) is 0.827. The summed E-state index contributed by atoms with van der Waals surface area (Å²) in [6.07, 6.45) is 0.700. The number of hydrogen-bond donors (Lipinski definition) is 4. The predicted molar refractivity (Wildman–Crippen MR) is 87.2 cm³/mol. The Morgan fingerprint density at radius 2 is 1.86 bits per heavy atom. The van der Waals surface area contributed by atoms with E-state index in [4.69, 9.17) is 5.73 Å². The molecule has 120 valence electrons. The molecule has 0 saturated carbocycles. The quantitative estimate of drug-likeness (QED) is 0.613. The van der Waals surface area contributed by atoms with Gasteiger partial charge in [-0.2, -0.15) is 0 Å². The molecule has 5 N–H and O–H groups in total. The third kappa shape index (κ3) is 3.81. The van der Waals surface area contributed by atoms with Gasteiger partial charge in [-0.3, -0.25) is 5.32 Å². The minimum absolute atomic E-state index is 0.0347. The molecule has 1 aliphatic heterocycles. The molecule has 0 radical (unpaired) electrons. The van der Waals surface area contributed by atoms with Crippen LogP contribution in [0.1, 0.15) is 19.4 Å². The number of nitrogens with zero attached hydrogens (tertiary/aromatic N) is 3. The first-order valence-corrected chi connectivity index (χ1v) is 7.27. The lowest BCUT2D eigenvalue weighted by atomic mass is 10.1. The van der Waals surface area contributed by atoms with Crippen LogP contribution in [-0.4, -0.2) is 52.7 Å². The van der Waals surface area contributed by atoms with E-state index >= 15 is 0 Å². The maximum Gasteiger partial charge on any atom is 0.200 e. The van der Waals surface area contributed by atoms with Crippen molar-refractivity contribution in [2.24, 2.45) is 15.7 Å². The molecular formula is C15H23N5O2. The van der Waals surface area contributed by atoms with E-state index in [1.54, 1.807) is 12.1 Å². The van der Waals surface area contributed by atoms with Gasteiger partial charge in [-0.15, -0.1) is 0 Å². The van der Waals surface area contributed by atoms with E-state index < -0.39 is 0 Å². The Morgan fingerprint density at radius 1 is 1.18 bits per heavy atom. The minimum atomic E-state index is -0.112. The van der Waals surface area contributed by atoms with Crippen LogP contribution in [0.3, 0.4) is 0 Å². The van der Waals surface area contributed by atoms with Crippen LogP contribution in [0.2, 0.25) is 0 Å². The molecule has 1 aromatic rings. The second kappa shape index (κ2) is 6.55. The molecule has 7 nitrogen and oxygen atoms in total. The number of hydrogen-bond acceptors (Lipinski definition) is 7. The summed E-state index contributed by atoms with van der Waals surface area (Å²) < 4.78 is 0. The standard InChI is InChI=1S/C15H23N5O2/c1-9-10(2)18-15(19-14(16)17-9)20(3)7-6-11-4-5-12(21)13(22)8-11/h4-5,8-10,21-22H,6-7H2,1-3H3,(H3,16,17,18,19). The van der Waals surface area contributed by atoms with Gasteiger partial charge in [-0.1, -0.05) is 6.07 Å². The summed E-state index contributed by atoms with van der Waals surface area (Å²) in [5.41, 5.74) is 6.76. The minimum Gasteiger partial charge on any atom is -0.504 e. The van der Waals surface area contributed by atoms with Crippen molar-refractivity contribution in [1.29, 1.82) is 0 Å². The number of aliphatic imine (C=N–C) groups is 2. The summed E-state index contributed by atoms with van der Waals surface area (Å²) in [5, 5.41) is 21.9. The molecule has 0 saturated heterocycles. The van der Waals surface area contributed by atoms with Gasteiger partial charge in [0.2, 0.25) is 5.96 Å². The van der Waals surface area contributed by atoms with Gasteiger partial charge in [0, 0.05) is 13.6 Å². The van der Waals surface area contributed by atoms with E-state index in [-0.39, 0.29) is 23.6 Å². The number of rotatable bonds is 3. The highest BCUT2D eigenvalue weighted by Crippen LogP contribution is 2.25. The van der Waals surface area contributed by atoms with Crippen LogP contribution < -0.4 is 11.1 Å². The van der Waals surface area contributed by atoms with E-state index in [1.807, 2.05) is 25.8 Å². The van der Waals surface area contributed by atoms with Crippen molar-refractivity contribution in [3.8, 4) is 11.5 Å². The van der Waals surface area contributed by atoms with Crippen molar-refractivity contribution in [1.82, 2.24) is 10.2 Å². The molecule has 0 aromatic heterocycles. The van der Waals surface area contributed by atoms with E-state index in [0.717, 1.165) is 5.56 Å². The van der Waals surface area contributed by atoms with Crippen molar-refractivity contribution in [2.45, 2.75) is 32.4 Å². The molecule has 2 atom stereocenters. The first-order valence-electron chi connectivity index (χ1n) is 7.27. The van der Waals surface area contributed by atoms with Gasteiger partial charge in [0.05, 0.1) is 12.1 Å². The predicted octanol–water partition coefficient (Wildman–Crippen LogP) is 0.623. The van der Waals surface area contributed by atoms with Crippen LogP contribution >= 0.6 is 0 Å². The van der Waals surface area contributed by atoms with E-state index in [9.17, 15) is 10.2 Å². The lowest BCUT2D eigenvalue weighted by Gasteiger charge is -2.22. The first kappa shape index (κ1) is 15.9. The van der Waals surface area contributed by atoms with Gasteiger partial charge in [0.15, 0.2) is 17.5 Å².